The van der Waals surface area contributed by atoms with Crippen LogP contribution >= 0.6 is 12.4 Å². The summed E-state index contributed by atoms with van der Waals surface area (Å²) in [5.74, 6) is -0.133. The normalized spacial score (nSPS) is 17.2. The summed E-state index contributed by atoms with van der Waals surface area (Å²) in [5, 5.41) is 3.29. The van der Waals surface area contributed by atoms with Crippen molar-refractivity contribution in [1.29, 1.82) is 0 Å². The number of benzene rings is 1. The van der Waals surface area contributed by atoms with Crippen LogP contribution in [0.15, 0.2) is 23.1 Å². The molecule has 7 heteroatoms. The largest absolute Gasteiger partial charge is 0.317 e. The van der Waals surface area contributed by atoms with Crippen LogP contribution in [0.4, 0.5) is 4.39 Å². The lowest BCUT2D eigenvalue weighted by atomic mass is 9.98. The summed E-state index contributed by atoms with van der Waals surface area (Å²) >= 11 is 0. The van der Waals surface area contributed by atoms with E-state index in [1.807, 2.05) is 0 Å². The molecular formula is C15H24ClFN2O2S. The highest BCUT2D eigenvalue weighted by molar-refractivity contribution is 7.89. The highest BCUT2D eigenvalue weighted by Gasteiger charge is 2.31. The summed E-state index contributed by atoms with van der Waals surface area (Å²) in [6, 6.07) is 4.52. The van der Waals surface area contributed by atoms with Crippen LogP contribution in [0.3, 0.4) is 0 Å². The molecule has 126 valence electrons. The zero-order chi connectivity index (χ0) is 15.5. The highest BCUT2D eigenvalue weighted by atomic mass is 35.5. The minimum absolute atomic E-state index is 0. The molecule has 0 aliphatic carbocycles. The SMILES string of the molecule is CCNCC1CCN(S(=O)(=O)c2cccc(C)c2F)CC1.Cl. The van der Waals surface area contributed by atoms with Gasteiger partial charge in [0.05, 0.1) is 0 Å². The maximum Gasteiger partial charge on any atom is 0.245 e. The zero-order valence-corrected chi connectivity index (χ0v) is 14.6. The fourth-order valence-corrected chi connectivity index (χ4v) is 4.27. The fourth-order valence-electron chi connectivity index (χ4n) is 2.66. The number of rotatable bonds is 5. The first kappa shape index (κ1) is 19.4. The topological polar surface area (TPSA) is 49.4 Å². The van der Waals surface area contributed by atoms with Crippen molar-refractivity contribution in [3.63, 3.8) is 0 Å². The van der Waals surface area contributed by atoms with Gasteiger partial charge in [-0.2, -0.15) is 4.31 Å². The molecular weight excluding hydrogens is 327 g/mol. The Morgan fingerprint density at radius 1 is 1.32 bits per heavy atom. The van der Waals surface area contributed by atoms with Crippen molar-refractivity contribution in [2.45, 2.75) is 31.6 Å². The molecule has 1 aromatic carbocycles. The van der Waals surface area contributed by atoms with Crippen LogP contribution in [0, 0.1) is 18.7 Å². The van der Waals surface area contributed by atoms with Crippen LogP contribution in [-0.4, -0.2) is 38.9 Å². The van der Waals surface area contributed by atoms with Gasteiger partial charge in [0.2, 0.25) is 10.0 Å². The lowest BCUT2D eigenvalue weighted by Crippen LogP contribution is -2.41. The second-order valence-electron chi connectivity index (χ2n) is 5.54. The van der Waals surface area contributed by atoms with Crippen LogP contribution in [0.5, 0.6) is 0 Å². The van der Waals surface area contributed by atoms with Crippen LogP contribution in [0.1, 0.15) is 25.3 Å². The average Bonchev–Trinajstić information content (AvgIpc) is 2.48. The van der Waals surface area contributed by atoms with E-state index in [0.717, 1.165) is 25.9 Å². The van der Waals surface area contributed by atoms with Crippen molar-refractivity contribution < 1.29 is 12.8 Å². The molecule has 0 spiro atoms. The van der Waals surface area contributed by atoms with Gasteiger partial charge in [0.15, 0.2) is 0 Å². The Bertz CT molecular complexity index is 587. The highest BCUT2D eigenvalue weighted by Crippen LogP contribution is 2.26. The maximum absolute atomic E-state index is 14.1. The molecule has 0 aromatic heterocycles. The Kier molecular flexibility index (Phi) is 7.25. The Morgan fingerprint density at radius 3 is 2.55 bits per heavy atom. The Morgan fingerprint density at radius 2 is 1.95 bits per heavy atom. The lowest BCUT2D eigenvalue weighted by molar-refractivity contribution is 0.268. The molecule has 2 rings (SSSR count). The minimum Gasteiger partial charge on any atom is -0.317 e. The Hall–Kier alpha value is -0.690. The van der Waals surface area contributed by atoms with E-state index in [4.69, 9.17) is 0 Å². The lowest BCUT2D eigenvalue weighted by Gasteiger charge is -2.31. The molecule has 22 heavy (non-hydrogen) atoms. The second-order valence-corrected chi connectivity index (χ2v) is 7.45. The summed E-state index contributed by atoms with van der Waals surface area (Å²) in [4.78, 5) is -0.201. The van der Waals surface area contributed by atoms with Crippen molar-refractivity contribution in [2.75, 3.05) is 26.2 Å². The monoisotopic (exact) mass is 350 g/mol. The third-order valence-electron chi connectivity index (χ3n) is 4.03. The van der Waals surface area contributed by atoms with Crippen LogP contribution < -0.4 is 5.32 Å². The number of hydrogen-bond acceptors (Lipinski definition) is 3. The second kappa shape index (κ2) is 8.24. The third-order valence-corrected chi connectivity index (χ3v) is 5.95. The molecule has 0 radical (unpaired) electrons. The van der Waals surface area contributed by atoms with E-state index < -0.39 is 15.8 Å². The van der Waals surface area contributed by atoms with Gasteiger partial charge in [-0.15, -0.1) is 12.4 Å². The Labute approximate surface area is 138 Å². The smallest absolute Gasteiger partial charge is 0.245 e. The van der Waals surface area contributed by atoms with Gasteiger partial charge in [0.1, 0.15) is 10.7 Å². The predicted octanol–water partition coefficient (Wildman–Crippen LogP) is 2.57. The quantitative estimate of drug-likeness (QED) is 0.888. The molecule has 0 unspecified atom stereocenters. The number of nitrogens with zero attached hydrogens (tertiary/aromatic N) is 1. The van der Waals surface area contributed by atoms with Crippen molar-refractivity contribution in [3.8, 4) is 0 Å². The molecule has 1 heterocycles. The number of nitrogens with one attached hydrogen (secondary N) is 1. The van der Waals surface area contributed by atoms with Gasteiger partial charge in [-0.3, -0.25) is 0 Å². The third kappa shape index (κ3) is 4.19. The molecule has 1 N–H and O–H groups in total. The van der Waals surface area contributed by atoms with Gasteiger partial charge >= 0.3 is 0 Å². The molecule has 0 bridgehead atoms. The van der Waals surface area contributed by atoms with E-state index in [1.165, 1.54) is 10.4 Å². The number of piperidine rings is 1. The molecule has 1 aliphatic rings. The van der Waals surface area contributed by atoms with E-state index >= 15 is 0 Å². The van der Waals surface area contributed by atoms with Gasteiger partial charge in [0.25, 0.3) is 0 Å². The first-order chi connectivity index (χ1) is 9.96. The standard InChI is InChI=1S/C15H23FN2O2S.ClH/c1-3-17-11-13-7-9-18(10-8-13)21(19,20)14-6-4-5-12(2)15(14)16;/h4-6,13,17H,3,7-11H2,1-2H3;1H. The van der Waals surface area contributed by atoms with Gasteiger partial charge < -0.3 is 5.32 Å². The van der Waals surface area contributed by atoms with Crippen molar-refractivity contribution in [2.24, 2.45) is 5.92 Å². The number of halogens is 2. The number of sulfonamides is 1. The minimum atomic E-state index is -3.72. The zero-order valence-electron chi connectivity index (χ0n) is 13.0. The number of hydrogen-bond donors (Lipinski definition) is 1. The van der Waals surface area contributed by atoms with Crippen molar-refractivity contribution in [1.82, 2.24) is 9.62 Å². The molecule has 0 saturated carbocycles. The van der Waals surface area contributed by atoms with Crippen LogP contribution in [0.25, 0.3) is 0 Å². The van der Waals surface area contributed by atoms with Crippen molar-refractivity contribution >= 4 is 22.4 Å². The summed E-state index contributed by atoms with van der Waals surface area (Å²) in [6.07, 6.45) is 1.64. The first-order valence-corrected chi connectivity index (χ1v) is 8.86. The summed E-state index contributed by atoms with van der Waals surface area (Å²) < 4.78 is 40.6. The van der Waals surface area contributed by atoms with E-state index in [1.54, 1.807) is 19.1 Å². The van der Waals surface area contributed by atoms with Gasteiger partial charge in [-0.05, 0) is 50.4 Å². The van der Waals surface area contributed by atoms with Gasteiger partial charge in [0, 0.05) is 13.1 Å². The van der Waals surface area contributed by atoms with Gasteiger partial charge in [-0.1, -0.05) is 19.1 Å². The molecule has 1 saturated heterocycles. The summed E-state index contributed by atoms with van der Waals surface area (Å²) in [7, 11) is -3.72. The average molecular weight is 351 g/mol. The van der Waals surface area contributed by atoms with Gasteiger partial charge in [-0.25, -0.2) is 12.8 Å². The molecule has 1 aromatic rings. The molecule has 1 fully saturated rings. The van der Waals surface area contributed by atoms with Crippen molar-refractivity contribution in [3.05, 3.63) is 29.6 Å². The molecule has 1 aliphatic heterocycles. The number of aryl methyl sites for hydroxylation is 1. The first-order valence-electron chi connectivity index (χ1n) is 7.42. The van der Waals surface area contributed by atoms with E-state index in [0.29, 0.717) is 24.6 Å². The van der Waals surface area contributed by atoms with Crippen LogP contribution in [0.2, 0.25) is 0 Å². The summed E-state index contributed by atoms with van der Waals surface area (Å²) in [5.41, 5.74) is 0.359. The molecule has 0 amide bonds. The summed E-state index contributed by atoms with van der Waals surface area (Å²) in [6.45, 7) is 6.41. The van der Waals surface area contributed by atoms with E-state index in [-0.39, 0.29) is 17.3 Å². The fraction of sp³-hybridized carbons (Fsp3) is 0.600. The van der Waals surface area contributed by atoms with E-state index in [9.17, 15) is 12.8 Å². The predicted molar refractivity (Wildman–Crippen MR) is 88.4 cm³/mol. The molecule has 0 atom stereocenters. The van der Waals surface area contributed by atoms with E-state index in [2.05, 4.69) is 12.2 Å². The molecule has 4 nitrogen and oxygen atoms in total. The van der Waals surface area contributed by atoms with Crippen LogP contribution in [-0.2, 0) is 10.0 Å². The maximum atomic E-state index is 14.1. The Balaban J connectivity index is 0.00000242.